The SMILES string of the molecule is CC1(CCC2CC2)C(=O)C(C2=NS(=O)(=O)c3cc(NS(=O)(=O)C(C(=O)O)C(C)(C)C)ccc3N2)C(=O)c2ccccc21. The van der Waals surface area contributed by atoms with Crippen LogP contribution in [0.3, 0.4) is 0 Å². The Morgan fingerprint density at radius 3 is 2.45 bits per heavy atom. The molecule has 0 spiro atoms. The molecular formula is C29H33N3O8S2. The molecule has 1 saturated carbocycles. The number of carbonyl (C=O) groups is 3. The first-order valence-electron chi connectivity index (χ1n) is 13.6. The number of nitrogens with zero attached hydrogens (tertiary/aromatic N) is 1. The number of nitrogens with one attached hydrogen (secondary N) is 2. The number of carboxylic acids is 1. The predicted octanol–water partition coefficient (Wildman–Crippen LogP) is 3.97. The second kappa shape index (κ2) is 10.0. The molecule has 0 saturated heterocycles. The van der Waals surface area contributed by atoms with Crippen LogP contribution < -0.4 is 10.0 Å². The lowest BCUT2D eigenvalue weighted by Gasteiger charge is -2.38. The van der Waals surface area contributed by atoms with Crippen molar-refractivity contribution in [3.8, 4) is 0 Å². The Morgan fingerprint density at radius 2 is 1.83 bits per heavy atom. The summed E-state index contributed by atoms with van der Waals surface area (Å²) in [6.45, 7) is 6.19. The zero-order valence-electron chi connectivity index (χ0n) is 23.7. The average Bonchev–Trinajstić information content (AvgIpc) is 3.70. The van der Waals surface area contributed by atoms with Crippen molar-refractivity contribution in [1.82, 2.24) is 0 Å². The number of anilines is 2. The van der Waals surface area contributed by atoms with Gasteiger partial charge in [-0.3, -0.25) is 19.1 Å². The minimum Gasteiger partial charge on any atom is -0.480 e. The molecule has 1 heterocycles. The first-order chi connectivity index (χ1) is 19.5. The maximum absolute atomic E-state index is 14.0. The largest absolute Gasteiger partial charge is 0.480 e. The number of hydrogen-bond acceptors (Lipinski definition) is 8. The van der Waals surface area contributed by atoms with Gasteiger partial charge in [-0.05, 0) is 54.9 Å². The van der Waals surface area contributed by atoms with Crippen LogP contribution in [-0.2, 0) is 35.1 Å². The summed E-state index contributed by atoms with van der Waals surface area (Å²) in [6.07, 6.45) is 3.53. The normalized spacial score (nSPS) is 24.1. The highest BCUT2D eigenvalue weighted by Crippen LogP contribution is 2.45. The third-order valence-electron chi connectivity index (χ3n) is 8.20. The molecule has 224 valence electrons. The molecule has 0 radical (unpaired) electrons. The van der Waals surface area contributed by atoms with Crippen molar-refractivity contribution in [3.63, 3.8) is 0 Å². The Balaban J connectivity index is 1.50. The minimum absolute atomic E-state index is 0.00713. The van der Waals surface area contributed by atoms with Crippen molar-refractivity contribution in [3.05, 3.63) is 53.6 Å². The molecule has 11 nitrogen and oxygen atoms in total. The van der Waals surface area contributed by atoms with E-state index in [1.54, 1.807) is 31.2 Å². The number of benzene rings is 2. The topological polar surface area (TPSA) is 176 Å². The van der Waals surface area contributed by atoms with Crippen molar-refractivity contribution in [2.45, 2.75) is 68.9 Å². The molecule has 0 aromatic heterocycles. The van der Waals surface area contributed by atoms with Crippen LogP contribution in [-0.4, -0.2) is 50.6 Å². The molecule has 3 N–H and O–H groups in total. The Hall–Kier alpha value is -3.58. The fourth-order valence-corrected chi connectivity index (χ4v) is 8.82. The molecule has 0 amide bonds. The van der Waals surface area contributed by atoms with Crippen LogP contribution >= 0.6 is 0 Å². The summed E-state index contributed by atoms with van der Waals surface area (Å²) in [7, 11) is -8.97. The van der Waals surface area contributed by atoms with Gasteiger partial charge in [0.05, 0.1) is 16.8 Å². The number of amidine groups is 1. The minimum atomic E-state index is -4.49. The highest BCUT2D eigenvalue weighted by Gasteiger charge is 2.52. The van der Waals surface area contributed by atoms with Crippen LogP contribution in [0.25, 0.3) is 0 Å². The number of rotatable bonds is 8. The van der Waals surface area contributed by atoms with Gasteiger partial charge in [-0.15, -0.1) is 4.40 Å². The van der Waals surface area contributed by atoms with Gasteiger partial charge in [0.1, 0.15) is 16.6 Å². The van der Waals surface area contributed by atoms with Gasteiger partial charge in [0, 0.05) is 5.56 Å². The summed E-state index contributed by atoms with van der Waals surface area (Å²) in [4.78, 5) is 39.0. The van der Waals surface area contributed by atoms with E-state index in [4.69, 9.17) is 0 Å². The maximum atomic E-state index is 14.0. The second-order valence-corrected chi connectivity index (χ2v) is 15.9. The molecule has 5 rings (SSSR count). The lowest BCUT2D eigenvalue weighted by molar-refractivity contribution is -0.138. The summed E-state index contributed by atoms with van der Waals surface area (Å²) in [5.41, 5.74) is -1.37. The summed E-state index contributed by atoms with van der Waals surface area (Å²) in [5, 5.41) is 10.6. The fraction of sp³-hybridized carbons (Fsp3) is 0.448. The predicted molar refractivity (Wildman–Crippen MR) is 157 cm³/mol. The van der Waals surface area contributed by atoms with E-state index in [1.807, 2.05) is 0 Å². The van der Waals surface area contributed by atoms with Crippen LogP contribution in [0.1, 0.15) is 69.3 Å². The average molecular weight is 616 g/mol. The number of carbonyl (C=O) groups excluding carboxylic acids is 2. The van der Waals surface area contributed by atoms with Crippen LogP contribution in [0, 0.1) is 17.3 Å². The molecule has 2 aliphatic carbocycles. The van der Waals surface area contributed by atoms with Crippen molar-refractivity contribution in [1.29, 1.82) is 0 Å². The summed E-state index contributed by atoms with van der Waals surface area (Å²) in [6, 6.07) is 10.5. The molecule has 3 unspecified atom stereocenters. The van der Waals surface area contributed by atoms with Crippen molar-refractivity contribution in [2.24, 2.45) is 21.6 Å². The lowest BCUT2D eigenvalue weighted by atomic mass is 9.63. The number of Topliss-reactive ketones (excluding diaryl/α,β-unsaturated/α-hetero) is 2. The van der Waals surface area contributed by atoms with E-state index in [0.717, 1.165) is 25.3 Å². The van der Waals surface area contributed by atoms with Gasteiger partial charge in [0.15, 0.2) is 16.8 Å². The van der Waals surface area contributed by atoms with Gasteiger partial charge in [0.25, 0.3) is 10.0 Å². The first-order valence-corrected chi connectivity index (χ1v) is 16.6. The van der Waals surface area contributed by atoms with E-state index in [1.165, 1.54) is 32.9 Å². The number of sulfonamides is 2. The highest BCUT2D eigenvalue weighted by molar-refractivity contribution is 7.94. The third-order valence-corrected chi connectivity index (χ3v) is 11.6. The van der Waals surface area contributed by atoms with E-state index < -0.39 is 59.6 Å². The number of carboxylic acid groups (broad SMARTS) is 1. The Bertz CT molecular complexity index is 1750. The summed E-state index contributed by atoms with van der Waals surface area (Å²) >= 11 is 0. The Kier molecular flexibility index (Phi) is 7.12. The molecule has 42 heavy (non-hydrogen) atoms. The monoisotopic (exact) mass is 615 g/mol. The number of fused-ring (bicyclic) bond motifs is 2. The van der Waals surface area contributed by atoms with Crippen LogP contribution in [0.2, 0.25) is 0 Å². The zero-order chi connectivity index (χ0) is 30.8. The molecule has 3 aliphatic rings. The van der Waals surface area contributed by atoms with Gasteiger partial charge in [0.2, 0.25) is 10.0 Å². The van der Waals surface area contributed by atoms with E-state index in [-0.39, 0.29) is 22.1 Å². The fourth-order valence-electron chi connectivity index (χ4n) is 5.87. The number of hydrogen-bond donors (Lipinski definition) is 3. The summed E-state index contributed by atoms with van der Waals surface area (Å²) < 4.78 is 58.6. The Labute approximate surface area is 244 Å². The van der Waals surface area contributed by atoms with Crippen molar-refractivity contribution >= 4 is 54.8 Å². The van der Waals surface area contributed by atoms with Crippen molar-refractivity contribution < 1.29 is 36.3 Å². The van der Waals surface area contributed by atoms with E-state index >= 15 is 0 Å². The van der Waals surface area contributed by atoms with Crippen LogP contribution in [0.15, 0.2) is 51.8 Å². The van der Waals surface area contributed by atoms with Gasteiger partial charge in [-0.2, -0.15) is 8.42 Å². The van der Waals surface area contributed by atoms with Gasteiger partial charge < -0.3 is 10.4 Å². The van der Waals surface area contributed by atoms with Gasteiger partial charge >= 0.3 is 5.97 Å². The molecule has 1 aliphatic heterocycles. The van der Waals surface area contributed by atoms with E-state index in [9.17, 15) is 36.3 Å². The van der Waals surface area contributed by atoms with E-state index in [2.05, 4.69) is 14.4 Å². The molecule has 0 bridgehead atoms. The van der Waals surface area contributed by atoms with Crippen LogP contribution in [0.4, 0.5) is 11.4 Å². The zero-order valence-corrected chi connectivity index (χ0v) is 25.3. The molecule has 1 fully saturated rings. The summed E-state index contributed by atoms with van der Waals surface area (Å²) in [5.74, 6) is -3.76. The highest BCUT2D eigenvalue weighted by atomic mass is 32.2. The quantitative estimate of drug-likeness (QED) is 0.371. The first kappa shape index (κ1) is 29.9. The van der Waals surface area contributed by atoms with Crippen molar-refractivity contribution in [2.75, 3.05) is 10.0 Å². The third kappa shape index (κ3) is 5.24. The number of aliphatic carboxylic acids is 1. The number of ketones is 2. The second-order valence-electron chi connectivity index (χ2n) is 12.5. The van der Waals surface area contributed by atoms with E-state index in [0.29, 0.717) is 23.5 Å². The standard InChI is InChI=1S/C29H33N3O8S2/c1-28(2,3)25(27(35)36)42(39,40)31-17-11-12-20-21(15-17)41(37,38)32-26(30-20)22-23(33)18-7-5-6-8-19(18)29(4,24(22)34)14-13-16-9-10-16/h5-8,11-12,15-16,22,25,31H,9-10,13-14H2,1-4H3,(H,30,32)(H,35,36). The molecule has 2 aromatic carbocycles. The van der Waals surface area contributed by atoms with Crippen LogP contribution in [0.5, 0.6) is 0 Å². The lowest BCUT2D eigenvalue weighted by Crippen LogP contribution is -2.51. The van der Waals surface area contributed by atoms with Gasteiger partial charge in [-0.25, -0.2) is 8.42 Å². The smallest absolute Gasteiger partial charge is 0.324 e. The van der Waals surface area contributed by atoms with Gasteiger partial charge in [-0.1, -0.05) is 57.9 Å². The Morgan fingerprint density at radius 1 is 1.17 bits per heavy atom. The molecular weight excluding hydrogens is 582 g/mol. The molecule has 13 heteroatoms. The molecule has 3 atom stereocenters. The maximum Gasteiger partial charge on any atom is 0.324 e. The molecule has 2 aromatic rings.